The molecule has 0 saturated carbocycles. The first-order valence-corrected chi connectivity index (χ1v) is 8.73. The maximum absolute atomic E-state index is 12.2. The molecule has 138 valence electrons. The summed E-state index contributed by atoms with van der Waals surface area (Å²) in [7, 11) is 3.87. The highest BCUT2D eigenvalue weighted by atomic mass is 35.5. The van der Waals surface area contributed by atoms with Crippen LogP contribution in [0.3, 0.4) is 0 Å². The summed E-state index contributed by atoms with van der Waals surface area (Å²) in [6, 6.07) is 12.2. The summed E-state index contributed by atoms with van der Waals surface area (Å²) in [6.07, 6.45) is -0.965. The van der Waals surface area contributed by atoms with Gasteiger partial charge >= 0.3 is 5.97 Å². The standard InChI is InChI=1S/C19H20Cl2N2O3/c1-12(19(25)22-15-6-8-16(9-7-15)23(2)3)26-18(24)10-13-4-5-14(20)11-17(13)21/h4-9,11-12H,10H2,1-3H3,(H,22,25)/t12-/m0/s1. The number of nitrogens with one attached hydrogen (secondary N) is 1. The third-order valence-electron chi connectivity index (χ3n) is 3.68. The first-order valence-electron chi connectivity index (χ1n) is 7.98. The molecule has 0 aliphatic rings. The van der Waals surface area contributed by atoms with Gasteiger partial charge < -0.3 is 15.0 Å². The molecule has 0 aliphatic heterocycles. The van der Waals surface area contributed by atoms with Crippen molar-refractivity contribution in [1.82, 2.24) is 0 Å². The highest BCUT2D eigenvalue weighted by Gasteiger charge is 2.19. The van der Waals surface area contributed by atoms with Gasteiger partial charge in [0.05, 0.1) is 6.42 Å². The van der Waals surface area contributed by atoms with E-state index in [0.29, 0.717) is 21.3 Å². The van der Waals surface area contributed by atoms with Crippen molar-refractivity contribution in [3.63, 3.8) is 0 Å². The normalized spacial score (nSPS) is 11.6. The number of nitrogens with zero attached hydrogens (tertiary/aromatic N) is 1. The van der Waals surface area contributed by atoms with E-state index in [4.69, 9.17) is 27.9 Å². The third-order valence-corrected chi connectivity index (χ3v) is 4.27. The summed E-state index contributed by atoms with van der Waals surface area (Å²) < 4.78 is 5.18. The van der Waals surface area contributed by atoms with Crippen molar-refractivity contribution in [2.75, 3.05) is 24.3 Å². The van der Waals surface area contributed by atoms with Gasteiger partial charge in [-0.05, 0) is 48.9 Å². The fourth-order valence-corrected chi connectivity index (χ4v) is 2.68. The van der Waals surface area contributed by atoms with Crippen LogP contribution in [0.5, 0.6) is 0 Å². The summed E-state index contributed by atoms with van der Waals surface area (Å²) in [4.78, 5) is 26.2. The van der Waals surface area contributed by atoms with E-state index in [1.54, 1.807) is 30.3 Å². The van der Waals surface area contributed by atoms with Crippen molar-refractivity contribution in [3.8, 4) is 0 Å². The van der Waals surface area contributed by atoms with Crippen molar-refractivity contribution in [1.29, 1.82) is 0 Å². The number of hydrogen-bond acceptors (Lipinski definition) is 4. The van der Waals surface area contributed by atoms with Crippen LogP contribution >= 0.6 is 23.2 Å². The Morgan fingerprint density at radius 2 is 1.77 bits per heavy atom. The lowest BCUT2D eigenvalue weighted by atomic mass is 10.1. The van der Waals surface area contributed by atoms with Crippen molar-refractivity contribution in [2.24, 2.45) is 0 Å². The van der Waals surface area contributed by atoms with Gasteiger partial charge in [0.25, 0.3) is 5.91 Å². The van der Waals surface area contributed by atoms with Gasteiger partial charge in [0, 0.05) is 35.5 Å². The molecule has 26 heavy (non-hydrogen) atoms. The van der Waals surface area contributed by atoms with Crippen molar-refractivity contribution < 1.29 is 14.3 Å². The SMILES string of the molecule is C[C@H](OC(=O)Cc1ccc(Cl)cc1Cl)C(=O)Nc1ccc(N(C)C)cc1. The largest absolute Gasteiger partial charge is 0.452 e. The molecule has 5 nitrogen and oxygen atoms in total. The molecule has 7 heteroatoms. The first kappa shape index (κ1) is 20.1. The van der Waals surface area contributed by atoms with Crippen LogP contribution < -0.4 is 10.2 Å². The van der Waals surface area contributed by atoms with E-state index in [0.717, 1.165) is 5.69 Å². The molecule has 0 heterocycles. The molecule has 0 saturated heterocycles. The van der Waals surface area contributed by atoms with E-state index in [2.05, 4.69) is 5.32 Å². The quantitative estimate of drug-likeness (QED) is 0.746. The number of carbonyl (C=O) groups is 2. The molecule has 1 atom stereocenters. The Hall–Kier alpha value is -2.24. The van der Waals surface area contributed by atoms with Gasteiger partial charge in [0.15, 0.2) is 6.10 Å². The van der Waals surface area contributed by atoms with E-state index in [9.17, 15) is 9.59 Å². The molecular formula is C19H20Cl2N2O3. The molecule has 0 unspecified atom stereocenters. The predicted octanol–water partition coefficient (Wildman–Crippen LogP) is 4.17. The van der Waals surface area contributed by atoms with Crippen LogP contribution in [-0.2, 0) is 20.7 Å². The highest BCUT2D eigenvalue weighted by Crippen LogP contribution is 2.22. The van der Waals surface area contributed by atoms with Crippen molar-refractivity contribution >= 4 is 46.5 Å². The Kier molecular flexibility index (Phi) is 6.89. The number of benzene rings is 2. The highest BCUT2D eigenvalue weighted by molar-refractivity contribution is 6.35. The van der Waals surface area contributed by atoms with Gasteiger partial charge in [-0.2, -0.15) is 0 Å². The van der Waals surface area contributed by atoms with E-state index in [-0.39, 0.29) is 6.42 Å². The van der Waals surface area contributed by atoms with Crippen LogP contribution in [0.2, 0.25) is 10.0 Å². The van der Waals surface area contributed by atoms with Crippen molar-refractivity contribution in [2.45, 2.75) is 19.4 Å². The minimum atomic E-state index is -0.929. The van der Waals surface area contributed by atoms with Gasteiger partial charge in [0.2, 0.25) is 0 Å². The lowest BCUT2D eigenvalue weighted by Crippen LogP contribution is -2.30. The van der Waals surface area contributed by atoms with Crippen LogP contribution in [0.4, 0.5) is 11.4 Å². The number of rotatable bonds is 6. The minimum absolute atomic E-state index is 0.0366. The zero-order valence-corrected chi connectivity index (χ0v) is 16.3. The smallest absolute Gasteiger partial charge is 0.311 e. The molecule has 0 aliphatic carbocycles. The Labute approximate surface area is 162 Å². The van der Waals surface area contributed by atoms with Crippen LogP contribution in [0, 0.1) is 0 Å². The summed E-state index contributed by atoms with van der Waals surface area (Å²) in [5.41, 5.74) is 2.24. The zero-order valence-electron chi connectivity index (χ0n) is 14.8. The topological polar surface area (TPSA) is 58.6 Å². The summed E-state index contributed by atoms with van der Waals surface area (Å²) in [5.74, 6) is -0.946. The Balaban J connectivity index is 1.90. The molecule has 2 rings (SSSR count). The number of carbonyl (C=O) groups excluding carboxylic acids is 2. The third kappa shape index (κ3) is 5.64. The summed E-state index contributed by atoms with van der Waals surface area (Å²) in [5, 5.41) is 3.59. The minimum Gasteiger partial charge on any atom is -0.452 e. The van der Waals surface area contributed by atoms with Crippen molar-refractivity contribution in [3.05, 3.63) is 58.1 Å². The average molecular weight is 395 g/mol. The Morgan fingerprint density at radius 1 is 1.12 bits per heavy atom. The summed E-state index contributed by atoms with van der Waals surface area (Å²) >= 11 is 11.9. The second-order valence-electron chi connectivity index (χ2n) is 5.98. The average Bonchev–Trinajstić information content (AvgIpc) is 2.57. The van der Waals surface area contributed by atoms with Crippen LogP contribution in [0.25, 0.3) is 0 Å². The molecule has 1 N–H and O–H groups in total. The lowest BCUT2D eigenvalue weighted by molar-refractivity contribution is -0.152. The number of amides is 1. The molecule has 0 bridgehead atoms. The number of esters is 1. The number of anilines is 2. The molecule has 1 amide bonds. The first-order chi connectivity index (χ1) is 12.3. The van der Waals surface area contributed by atoms with Gasteiger partial charge in [-0.15, -0.1) is 0 Å². The van der Waals surface area contributed by atoms with Gasteiger partial charge in [-0.3, -0.25) is 9.59 Å². The number of ether oxygens (including phenoxy) is 1. The second-order valence-corrected chi connectivity index (χ2v) is 6.82. The van der Waals surface area contributed by atoms with E-state index >= 15 is 0 Å². The molecule has 0 spiro atoms. The summed E-state index contributed by atoms with van der Waals surface area (Å²) in [6.45, 7) is 1.52. The van der Waals surface area contributed by atoms with Crippen LogP contribution in [-0.4, -0.2) is 32.1 Å². The predicted molar refractivity (Wildman–Crippen MR) is 105 cm³/mol. The molecule has 0 fully saturated rings. The van der Waals surface area contributed by atoms with Crippen LogP contribution in [0.1, 0.15) is 12.5 Å². The lowest BCUT2D eigenvalue weighted by Gasteiger charge is -2.15. The monoisotopic (exact) mass is 394 g/mol. The maximum Gasteiger partial charge on any atom is 0.311 e. The molecule has 0 radical (unpaired) electrons. The van der Waals surface area contributed by atoms with Gasteiger partial charge in [-0.25, -0.2) is 0 Å². The van der Waals surface area contributed by atoms with Gasteiger partial charge in [-0.1, -0.05) is 29.3 Å². The number of hydrogen-bond donors (Lipinski definition) is 1. The molecular weight excluding hydrogens is 375 g/mol. The second kappa shape index (κ2) is 8.92. The Morgan fingerprint density at radius 3 is 2.35 bits per heavy atom. The number of halogens is 2. The fraction of sp³-hybridized carbons (Fsp3) is 0.263. The van der Waals surface area contributed by atoms with E-state index in [1.807, 2.05) is 31.1 Å². The molecule has 0 aromatic heterocycles. The Bertz CT molecular complexity index is 792. The van der Waals surface area contributed by atoms with E-state index in [1.165, 1.54) is 6.92 Å². The maximum atomic E-state index is 12.2. The zero-order chi connectivity index (χ0) is 19.3. The molecule has 2 aromatic rings. The fourth-order valence-electron chi connectivity index (χ4n) is 2.20. The van der Waals surface area contributed by atoms with E-state index < -0.39 is 18.0 Å². The van der Waals surface area contributed by atoms with Crippen LogP contribution in [0.15, 0.2) is 42.5 Å². The van der Waals surface area contributed by atoms with Gasteiger partial charge in [0.1, 0.15) is 0 Å². The molecule has 2 aromatic carbocycles.